The van der Waals surface area contributed by atoms with Crippen molar-refractivity contribution >= 4 is 11.7 Å². The van der Waals surface area contributed by atoms with Crippen LogP contribution >= 0.6 is 0 Å². The summed E-state index contributed by atoms with van der Waals surface area (Å²) in [5.41, 5.74) is -0.117. The monoisotopic (exact) mass is 318 g/mol. The number of likely N-dealkylation sites (tertiary alicyclic amines) is 1. The largest absolute Gasteiger partial charge is 0.356 e. The summed E-state index contributed by atoms with van der Waals surface area (Å²) in [5, 5.41) is 0. The lowest BCUT2D eigenvalue weighted by atomic mass is 9.92. The zero-order valence-corrected chi connectivity index (χ0v) is 14.0. The fourth-order valence-corrected chi connectivity index (χ4v) is 3.57. The standard InChI is InChI=1S/C17H26N4O2/c1-12-3-7-21(8-4-12)17(23)14-5-9-20(10-6-14)15-11-16(22)19-13(2)18-15/h11-12,14H,3-10H2,1-2H3,(H,18,19,22). The molecule has 2 aliphatic rings. The minimum atomic E-state index is -0.117. The van der Waals surface area contributed by atoms with Crippen LogP contribution in [0, 0.1) is 18.8 Å². The molecule has 6 heteroatoms. The van der Waals surface area contributed by atoms with E-state index in [9.17, 15) is 9.59 Å². The van der Waals surface area contributed by atoms with Gasteiger partial charge < -0.3 is 14.8 Å². The van der Waals surface area contributed by atoms with Crippen LogP contribution in [0.4, 0.5) is 5.82 Å². The first-order valence-corrected chi connectivity index (χ1v) is 8.64. The second-order valence-electron chi connectivity index (χ2n) is 6.96. The van der Waals surface area contributed by atoms with Crippen molar-refractivity contribution in [2.24, 2.45) is 11.8 Å². The van der Waals surface area contributed by atoms with Gasteiger partial charge in [0.2, 0.25) is 5.91 Å². The first-order valence-electron chi connectivity index (χ1n) is 8.64. The van der Waals surface area contributed by atoms with E-state index in [1.54, 1.807) is 13.0 Å². The maximum absolute atomic E-state index is 12.6. The first-order chi connectivity index (χ1) is 11.0. The molecule has 3 heterocycles. The predicted octanol–water partition coefficient (Wildman–Crippen LogP) is 1.55. The molecule has 126 valence electrons. The summed E-state index contributed by atoms with van der Waals surface area (Å²) in [6.45, 7) is 7.45. The molecule has 1 aromatic rings. The van der Waals surface area contributed by atoms with Gasteiger partial charge in [0.15, 0.2) is 0 Å². The van der Waals surface area contributed by atoms with Crippen molar-refractivity contribution < 1.29 is 4.79 Å². The van der Waals surface area contributed by atoms with Crippen LogP contribution in [0.5, 0.6) is 0 Å². The van der Waals surface area contributed by atoms with Gasteiger partial charge >= 0.3 is 0 Å². The van der Waals surface area contributed by atoms with E-state index in [2.05, 4.69) is 26.7 Å². The number of amides is 1. The number of aromatic nitrogens is 2. The lowest BCUT2D eigenvalue weighted by molar-refractivity contribution is -0.137. The molecule has 2 fully saturated rings. The van der Waals surface area contributed by atoms with E-state index < -0.39 is 0 Å². The summed E-state index contributed by atoms with van der Waals surface area (Å²) in [6, 6.07) is 1.54. The van der Waals surface area contributed by atoms with Crippen molar-refractivity contribution in [2.75, 3.05) is 31.1 Å². The molecule has 2 saturated heterocycles. The Morgan fingerprint density at radius 3 is 2.43 bits per heavy atom. The van der Waals surface area contributed by atoms with Crippen LogP contribution in [0.25, 0.3) is 0 Å². The zero-order chi connectivity index (χ0) is 16.4. The lowest BCUT2D eigenvalue weighted by Crippen LogP contribution is -2.45. The van der Waals surface area contributed by atoms with Gasteiger partial charge in [-0.15, -0.1) is 0 Å². The molecule has 0 saturated carbocycles. The van der Waals surface area contributed by atoms with E-state index in [-0.39, 0.29) is 11.5 Å². The third-order valence-electron chi connectivity index (χ3n) is 5.11. The topological polar surface area (TPSA) is 69.3 Å². The SMILES string of the molecule is Cc1nc(N2CCC(C(=O)N3CCC(C)CC3)CC2)cc(=O)[nH]1. The Kier molecular flexibility index (Phi) is 4.68. The lowest BCUT2D eigenvalue weighted by Gasteiger charge is -2.37. The number of aryl methyl sites for hydroxylation is 1. The summed E-state index contributed by atoms with van der Waals surface area (Å²) in [7, 11) is 0. The maximum atomic E-state index is 12.6. The van der Waals surface area contributed by atoms with Gasteiger partial charge in [0.05, 0.1) is 0 Å². The highest BCUT2D eigenvalue weighted by Gasteiger charge is 2.30. The average Bonchev–Trinajstić information content (AvgIpc) is 2.54. The van der Waals surface area contributed by atoms with E-state index in [1.165, 1.54) is 0 Å². The van der Waals surface area contributed by atoms with Gasteiger partial charge in [-0.05, 0) is 38.5 Å². The molecule has 2 aliphatic heterocycles. The molecule has 0 atom stereocenters. The fraction of sp³-hybridized carbons (Fsp3) is 0.706. The molecule has 0 spiro atoms. The summed E-state index contributed by atoms with van der Waals surface area (Å²) in [4.78, 5) is 35.5. The van der Waals surface area contributed by atoms with E-state index in [1.807, 2.05) is 0 Å². The number of H-pyrrole nitrogens is 1. The Morgan fingerprint density at radius 2 is 1.83 bits per heavy atom. The van der Waals surface area contributed by atoms with Gasteiger partial charge in [-0.1, -0.05) is 6.92 Å². The van der Waals surface area contributed by atoms with Crippen LogP contribution < -0.4 is 10.5 Å². The van der Waals surface area contributed by atoms with Crippen molar-refractivity contribution in [3.8, 4) is 0 Å². The van der Waals surface area contributed by atoms with E-state index in [0.29, 0.717) is 11.7 Å². The summed E-state index contributed by atoms with van der Waals surface area (Å²) in [5.74, 6) is 2.55. The number of nitrogens with one attached hydrogen (secondary N) is 1. The third-order valence-corrected chi connectivity index (χ3v) is 5.11. The highest BCUT2D eigenvalue weighted by atomic mass is 16.2. The van der Waals surface area contributed by atoms with Gasteiger partial charge in [0.25, 0.3) is 5.56 Å². The molecule has 0 aromatic carbocycles. The second-order valence-corrected chi connectivity index (χ2v) is 6.96. The third kappa shape index (κ3) is 3.74. The zero-order valence-electron chi connectivity index (χ0n) is 14.0. The number of rotatable bonds is 2. The van der Waals surface area contributed by atoms with E-state index in [0.717, 1.165) is 63.6 Å². The molecular formula is C17H26N4O2. The van der Waals surface area contributed by atoms with Crippen LogP contribution in [-0.2, 0) is 4.79 Å². The Bertz CT molecular complexity index is 611. The molecule has 1 N–H and O–H groups in total. The molecule has 0 bridgehead atoms. The second kappa shape index (κ2) is 6.72. The molecule has 3 rings (SSSR count). The Balaban J connectivity index is 1.57. The van der Waals surface area contributed by atoms with Crippen molar-refractivity contribution in [3.05, 3.63) is 22.2 Å². The molecule has 1 amide bonds. The van der Waals surface area contributed by atoms with Gasteiger partial charge in [0.1, 0.15) is 11.6 Å². The smallest absolute Gasteiger partial charge is 0.252 e. The quantitative estimate of drug-likeness (QED) is 0.898. The summed E-state index contributed by atoms with van der Waals surface area (Å²) >= 11 is 0. The molecule has 0 aliphatic carbocycles. The minimum absolute atomic E-state index is 0.117. The highest BCUT2D eigenvalue weighted by Crippen LogP contribution is 2.25. The Labute approximate surface area is 136 Å². The van der Waals surface area contributed by atoms with Crippen molar-refractivity contribution in [3.63, 3.8) is 0 Å². The fourth-order valence-electron chi connectivity index (χ4n) is 3.57. The highest BCUT2D eigenvalue weighted by molar-refractivity contribution is 5.79. The molecule has 0 radical (unpaired) electrons. The Hall–Kier alpha value is -1.85. The number of hydrogen-bond acceptors (Lipinski definition) is 4. The van der Waals surface area contributed by atoms with E-state index in [4.69, 9.17) is 0 Å². The number of piperidine rings is 2. The van der Waals surface area contributed by atoms with Crippen LogP contribution in [0.1, 0.15) is 38.4 Å². The van der Waals surface area contributed by atoms with E-state index >= 15 is 0 Å². The molecular weight excluding hydrogens is 292 g/mol. The molecule has 0 unspecified atom stereocenters. The number of anilines is 1. The van der Waals surface area contributed by atoms with Crippen LogP contribution in [-0.4, -0.2) is 47.0 Å². The Morgan fingerprint density at radius 1 is 1.17 bits per heavy atom. The van der Waals surface area contributed by atoms with Gasteiger partial charge in [-0.2, -0.15) is 0 Å². The summed E-state index contributed by atoms with van der Waals surface area (Å²) < 4.78 is 0. The van der Waals surface area contributed by atoms with Crippen LogP contribution in [0.15, 0.2) is 10.9 Å². The first kappa shape index (κ1) is 16.0. The normalized spacial score (nSPS) is 20.8. The van der Waals surface area contributed by atoms with Crippen molar-refractivity contribution in [2.45, 2.75) is 39.5 Å². The van der Waals surface area contributed by atoms with Crippen molar-refractivity contribution in [1.82, 2.24) is 14.9 Å². The van der Waals surface area contributed by atoms with Gasteiger partial charge in [-0.25, -0.2) is 4.98 Å². The molecule has 1 aromatic heterocycles. The van der Waals surface area contributed by atoms with Crippen LogP contribution in [0.3, 0.4) is 0 Å². The number of carbonyl (C=O) groups is 1. The van der Waals surface area contributed by atoms with Crippen LogP contribution in [0.2, 0.25) is 0 Å². The number of carbonyl (C=O) groups excluding carboxylic acids is 1. The maximum Gasteiger partial charge on any atom is 0.252 e. The molecule has 23 heavy (non-hydrogen) atoms. The number of nitrogens with zero attached hydrogens (tertiary/aromatic N) is 3. The van der Waals surface area contributed by atoms with Gasteiger partial charge in [-0.3, -0.25) is 9.59 Å². The average molecular weight is 318 g/mol. The minimum Gasteiger partial charge on any atom is -0.356 e. The summed E-state index contributed by atoms with van der Waals surface area (Å²) in [6.07, 6.45) is 3.94. The van der Waals surface area contributed by atoms with Gasteiger partial charge in [0, 0.05) is 38.2 Å². The number of aromatic amines is 1. The molecule has 6 nitrogen and oxygen atoms in total. The van der Waals surface area contributed by atoms with Crippen molar-refractivity contribution in [1.29, 1.82) is 0 Å². The number of hydrogen-bond donors (Lipinski definition) is 1. The predicted molar refractivity (Wildman–Crippen MR) is 89.5 cm³/mol.